The minimum absolute atomic E-state index is 0.701. The molecule has 0 atom stereocenters. The topological polar surface area (TPSA) is 12.9 Å². The van der Waals surface area contributed by atoms with E-state index in [0.717, 1.165) is 44.4 Å². The number of nitrogens with zero attached hydrogens (tertiary/aromatic N) is 1. The van der Waals surface area contributed by atoms with Crippen molar-refractivity contribution in [1.29, 1.82) is 0 Å². The van der Waals surface area contributed by atoms with Crippen molar-refractivity contribution >= 4 is 34.0 Å². The zero-order valence-corrected chi connectivity index (χ0v) is 17.5. The molecular weight excluding hydrogens is 409 g/mol. The summed E-state index contributed by atoms with van der Waals surface area (Å²) in [7, 11) is 0. The Kier molecular flexibility index (Phi) is 5.00. The Hall–Kier alpha value is -3.13. The van der Waals surface area contributed by atoms with Crippen molar-refractivity contribution in [2.75, 3.05) is 0 Å². The third-order valence-corrected chi connectivity index (χ3v) is 5.68. The van der Waals surface area contributed by atoms with E-state index in [4.69, 9.17) is 28.2 Å². The molecule has 30 heavy (non-hydrogen) atoms. The Morgan fingerprint density at radius 1 is 0.467 bits per heavy atom. The number of rotatable bonds is 3. The molecule has 0 aliphatic heterocycles. The molecule has 0 fully saturated rings. The smallest absolute Gasteiger partial charge is 0.0794 e. The first-order chi connectivity index (χ1) is 14.7. The van der Waals surface area contributed by atoms with Gasteiger partial charge in [0.05, 0.1) is 11.4 Å². The highest BCUT2D eigenvalue weighted by atomic mass is 35.5. The standard InChI is InChI=1S/C27H17Cl2N/c28-21-13-11-20(12-14-21)26-23-16-15-22(29)17-24(23)25(18-7-3-1-4-8-18)27(30-26)19-9-5-2-6-10-19/h1-17H. The molecule has 144 valence electrons. The SMILES string of the molecule is Clc1ccc(-c2nc(-c3ccccc3)c(-c3ccccc3)c3cc(Cl)ccc23)cc1. The van der Waals surface area contributed by atoms with Crippen molar-refractivity contribution < 1.29 is 0 Å². The molecule has 5 aromatic rings. The van der Waals surface area contributed by atoms with Crippen LogP contribution < -0.4 is 0 Å². The molecule has 0 N–H and O–H groups in total. The average Bonchev–Trinajstić information content (AvgIpc) is 2.79. The fraction of sp³-hybridized carbons (Fsp3) is 0. The van der Waals surface area contributed by atoms with Crippen LogP contribution in [0.1, 0.15) is 0 Å². The van der Waals surface area contributed by atoms with Gasteiger partial charge in [-0.25, -0.2) is 4.98 Å². The average molecular weight is 426 g/mol. The van der Waals surface area contributed by atoms with Gasteiger partial charge in [-0.2, -0.15) is 0 Å². The second kappa shape index (κ2) is 7.95. The van der Waals surface area contributed by atoms with Crippen molar-refractivity contribution in [3.63, 3.8) is 0 Å². The number of fused-ring (bicyclic) bond motifs is 1. The van der Waals surface area contributed by atoms with Gasteiger partial charge >= 0.3 is 0 Å². The van der Waals surface area contributed by atoms with Gasteiger partial charge in [0, 0.05) is 32.1 Å². The van der Waals surface area contributed by atoms with Crippen LogP contribution in [-0.4, -0.2) is 4.98 Å². The van der Waals surface area contributed by atoms with Crippen LogP contribution >= 0.6 is 23.2 Å². The van der Waals surface area contributed by atoms with E-state index in [-0.39, 0.29) is 0 Å². The van der Waals surface area contributed by atoms with E-state index < -0.39 is 0 Å². The summed E-state index contributed by atoms with van der Waals surface area (Å²) in [6, 6.07) is 34.5. The number of aromatic nitrogens is 1. The van der Waals surface area contributed by atoms with Crippen molar-refractivity contribution in [2.24, 2.45) is 0 Å². The predicted octanol–water partition coefficient (Wildman–Crippen LogP) is 8.54. The summed E-state index contributed by atoms with van der Waals surface area (Å²) in [5.74, 6) is 0. The number of halogens is 2. The molecule has 1 nitrogen and oxygen atoms in total. The summed E-state index contributed by atoms with van der Waals surface area (Å²) in [5, 5.41) is 3.54. The summed E-state index contributed by atoms with van der Waals surface area (Å²) in [5.41, 5.74) is 6.12. The fourth-order valence-electron chi connectivity index (χ4n) is 3.82. The lowest BCUT2D eigenvalue weighted by Crippen LogP contribution is -1.96. The predicted molar refractivity (Wildman–Crippen MR) is 128 cm³/mol. The molecule has 5 rings (SSSR count). The van der Waals surface area contributed by atoms with E-state index >= 15 is 0 Å². The molecule has 0 radical (unpaired) electrons. The molecule has 0 saturated carbocycles. The highest BCUT2D eigenvalue weighted by molar-refractivity contribution is 6.32. The summed E-state index contributed by atoms with van der Waals surface area (Å²) < 4.78 is 0. The summed E-state index contributed by atoms with van der Waals surface area (Å²) in [4.78, 5) is 5.19. The van der Waals surface area contributed by atoms with E-state index in [2.05, 4.69) is 30.3 Å². The Bertz CT molecular complexity index is 1330. The highest BCUT2D eigenvalue weighted by Gasteiger charge is 2.18. The molecule has 0 spiro atoms. The van der Waals surface area contributed by atoms with Crippen LogP contribution in [-0.2, 0) is 0 Å². The van der Waals surface area contributed by atoms with Crippen molar-refractivity contribution in [2.45, 2.75) is 0 Å². The van der Waals surface area contributed by atoms with E-state index in [0.29, 0.717) is 10.0 Å². The first-order valence-electron chi connectivity index (χ1n) is 9.71. The number of pyridine rings is 1. The first kappa shape index (κ1) is 18.9. The van der Waals surface area contributed by atoms with Crippen LogP contribution in [0.3, 0.4) is 0 Å². The lowest BCUT2D eigenvalue weighted by atomic mass is 9.91. The number of hydrogen-bond donors (Lipinski definition) is 0. The molecule has 4 aromatic carbocycles. The van der Waals surface area contributed by atoms with E-state index in [1.165, 1.54) is 0 Å². The minimum atomic E-state index is 0.701. The maximum Gasteiger partial charge on any atom is 0.0794 e. The van der Waals surface area contributed by atoms with Crippen LogP contribution in [0, 0.1) is 0 Å². The molecule has 1 heterocycles. The molecule has 0 aliphatic rings. The number of benzene rings is 4. The molecule has 0 aliphatic carbocycles. The van der Waals surface area contributed by atoms with Crippen LogP contribution in [0.25, 0.3) is 44.4 Å². The quantitative estimate of drug-likeness (QED) is 0.282. The lowest BCUT2D eigenvalue weighted by Gasteiger charge is -2.17. The Labute approximate surface area is 185 Å². The normalized spacial score (nSPS) is 11.0. The number of hydrogen-bond acceptors (Lipinski definition) is 1. The van der Waals surface area contributed by atoms with Crippen LogP contribution in [0.2, 0.25) is 10.0 Å². The van der Waals surface area contributed by atoms with Gasteiger partial charge in [0.25, 0.3) is 0 Å². The summed E-state index contributed by atoms with van der Waals surface area (Å²) in [6.45, 7) is 0. The van der Waals surface area contributed by atoms with E-state index in [9.17, 15) is 0 Å². The van der Waals surface area contributed by atoms with Crippen molar-refractivity contribution in [3.05, 3.63) is 113 Å². The van der Waals surface area contributed by atoms with Crippen LogP contribution in [0.5, 0.6) is 0 Å². The molecular formula is C27H17Cl2N. The van der Waals surface area contributed by atoms with Gasteiger partial charge in [-0.3, -0.25) is 0 Å². The second-order valence-electron chi connectivity index (χ2n) is 7.11. The highest BCUT2D eigenvalue weighted by Crippen LogP contribution is 2.41. The zero-order chi connectivity index (χ0) is 20.5. The second-order valence-corrected chi connectivity index (χ2v) is 7.99. The maximum atomic E-state index is 6.46. The Balaban J connectivity index is 1.93. The van der Waals surface area contributed by atoms with Gasteiger partial charge in [-0.05, 0) is 35.2 Å². The summed E-state index contributed by atoms with van der Waals surface area (Å²) in [6.07, 6.45) is 0. The van der Waals surface area contributed by atoms with Gasteiger partial charge in [0.2, 0.25) is 0 Å². The van der Waals surface area contributed by atoms with Crippen LogP contribution in [0.15, 0.2) is 103 Å². The van der Waals surface area contributed by atoms with E-state index in [1.807, 2.05) is 72.8 Å². The fourth-order valence-corrected chi connectivity index (χ4v) is 4.11. The van der Waals surface area contributed by atoms with Gasteiger partial charge in [0.15, 0.2) is 0 Å². The minimum Gasteiger partial charge on any atom is -0.246 e. The van der Waals surface area contributed by atoms with Gasteiger partial charge in [0.1, 0.15) is 0 Å². The third kappa shape index (κ3) is 3.47. The Morgan fingerprint density at radius 2 is 1.03 bits per heavy atom. The molecule has 0 amide bonds. The van der Waals surface area contributed by atoms with E-state index in [1.54, 1.807) is 0 Å². The Morgan fingerprint density at radius 3 is 1.70 bits per heavy atom. The zero-order valence-electron chi connectivity index (χ0n) is 16.0. The van der Waals surface area contributed by atoms with Gasteiger partial charge < -0.3 is 0 Å². The van der Waals surface area contributed by atoms with Crippen LogP contribution in [0.4, 0.5) is 0 Å². The first-order valence-corrected chi connectivity index (χ1v) is 10.5. The molecule has 0 saturated heterocycles. The van der Waals surface area contributed by atoms with Crippen molar-refractivity contribution in [3.8, 4) is 33.6 Å². The molecule has 3 heteroatoms. The maximum absolute atomic E-state index is 6.46. The molecule has 0 bridgehead atoms. The molecule has 1 aromatic heterocycles. The third-order valence-electron chi connectivity index (χ3n) is 5.19. The van der Waals surface area contributed by atoms with Gasteiger partial charge in [-0.1, -0.05) is 102 Å². The van der Waals surface area contributed by atoms with Gasteiger partial charge in [-0.15, -0.1) is 0 Å². The lowest BCUT2D eigenvalue weighted by molar-refractivity contribution is 1.35. The van der Waals surface area contributed by atoms with Crippen molar-refractivity contribution in [1.82, 2.24) is 4.98 Å². The molecule has 0 unspecified atom stereocenters. The monoisotopic (exact) mass is 425 g/mol. The largest absolute Gasteiger partial charge is 0.246 e. The summed E-state index contributed by atoms with van der Waals surface area (Å²) >= 11 is 12.6.